The van der Waals surface area contributed by atoms with Gasteiger partial charge < -0.3 is 5.32 Å². The molecule has 0 radical (unpaired) electrons. The standard InChI is InChI=1S/C14H14FN3O3/c1-17-11(7-12(19)18(2)14(17)21)8-16-13(20)9-4-3-5-10(15)6-9/h3-7H,8H2,1-2H3,(H,16,20). The third-order valence-electron chi connectivity index (χ3n) is 3.14. The van der Waals surface area contributed by atoms with Crippen LogP contribution in [0.15, 0.2) is 39.9 Å². The van der Waals surface area contributed by atoms with Gasteiger partial charge in [0.05, 0.1) is 6.54 Å². The number of carbonyl (C=O) groups is 1. The number of rotatable bonds is 3. The summed E-state index contributed by atoms with van der Waals surface area (Å²) >= 11 is 0. The highest BCUT2D eigenvalue weighted by molar-refractivity contribution is 5.94. The molecule has 0 aliphatic carbocycles. The van der Waals surface area contributed by atoms with Crippen LogP contribution in [0.25, 0.3) is 0 Å². The maximum absolute atomic E-state index is 13.0. The second-order valence-electron chi connectivity index (χ2n) is 4.57. The number of hydrogen-bond acceptors (Lipinski definition) is 3. The molecule has 2 rings (SSSR count). The lowest BCUT2D eigenvalue weighted by molar-refractivity contribution is 0.0949. The van der Waals surface area contributed by atoms with E-state index in [0.29, 0.717) is 5.69 Å². The van der Waals surface area contributed by atoms with E-state index >= 15 is 0 Å². The number of nitrogens with zero attached hydrogens (tertiary/aromatic N) is 2. The molecule has 1 heterocycles. The van der Waals surface area contributed by atoms with Crippen LogP contribution in [0.2, 0.25) is 0 Å². The molecule has 0 unspecified atom stereocenters. The SMILES string of the molecule is Cn1c(CNC(=O)c2cccc(F)c2)cc(=O)n(C)c1=O. The number of amides is 1. The van der Waals surface area contributed by atoms with Gasteiger partial charge in [-0.1, -0.05) is 6.07 Å². The van der Waals surface area contributed by atoms with Crippen molar-refractivity contribution in [3.63, 3.8) is 0 Å². The minimum atomic E-state index is -0.511. The van der Waals surface area contributed by atoms with Crippen molar-refractivity contribution in [1.82, 2.24) is 14.5 Å². The van der Waals surface area contributed by atoms with Gasteiger partial charge in [-0.15, -0.1) is 0 Å². The molecule has 1 aromatic heterocycles. The average Bonchev–Trinajstić information content (AvgIpc) is 2.47. The molecular weight excluding hydrogens is 277 g/mol. The van der Waals surface area contributed by atoms with Crippen molar-refractivity contribution in [1.29, 1.82) is 0 Å². The third-order valence-corrected chi connectivity index (χ3v) is 3.14. The molecule has 2 aromatic rings. The van der Waals surface area contributed by atoms with Crippen LogP contribution < -0.4 is 16.6 Å². The first kappa shape index (κ1) is 14.7. The predicted molar refractivity (Wildman–Crippen MR) is 74.5 cm³/mol. The first-order valence-electron chi connectivity index (χ1n) is 6.20. The fourth-order valence-electron chi connectivity index (χ4n) is 1.85. The van der Waals surface area contributed by atoms with E-state index in [1.807, 2.05) is 0 Å². The van der Waals surface area contributed by atoms with Crippen molar-refractivity contribution in [2.45, 2.75) is 6.54 Å². The molecule has 1 N–H and O–H groups in total. The first-order chi connectivity index (χ1) is 9.90. The molecule has 21 heavy (non-hydrogen) atoms. The highest BCUT2D eigenvalue weighted by Gasteiger charge is 2.09. The number of carbonyl (C=O) groups excluding carboxylic acids is 1. The summed E-state index contributed by atoms with van der Waals surface area (Å²) in [6.07, 6.45) is 0. The lowest BCUT2D eigenvalue weighted by atomic mass is 10.2. The second kappa shape index (κ2) is 5.74. The quantitative estimate of drug-likeness (QED) is 0.875. The van der Waals surface area contributed by atoms with Gasteiger partial charge in [-0.05, 0) is 18.2 Å². The Hall–Kier alpha value is -2.70. The maximum Gasteiger partial charge on any atom is 0.330 e. The summed E-state index contributed by atoms with van der Waals surface area (Å²) in [5.41, 5.74) is -0.387. The van der Waals surface area contributed by atoms with E-state index in [1.165, 1.54) is 42.9 Å². The second-order valence-corrected chi connectivity index (χ2v) is 4.57. The zero-order valence-electron chi connectivity index (χ0n) is 11.6. The monoisotopic (exact) mass is 291 g/mol. The summed E-state index contributed by atoms with van der Waals surface area (Å²) in [6, 6.07) is 6.52. The van der Waals surface area contributed by atoms with Crippen LogP contribution >= 0.6 is 0 Å². The van der Waals surface area contributed by atoms with Gasteiger partial charge in [0.15, 0.2) is 0 Å². The van der Waals surface area contributed by atoms with Crippen molar-refractivity contribution in [2.24, 2.45) is 14.1 Å². The number of benzene rings is 1. The highest BCUT2D eigenvalue weighted by atomic mass is 19.1. The Kier molecular flexibility index (Phi) is 4.02. The van der Waals surface area contributed by atoms with Crippen molar-refractivity contribution in [2.75, 3.05) is 0 Å². The van der Waals surface area contributed by atoms with Gasteiger partial charge in [-0.3, -0.25) is 18.7 Å². The molecule has 0 bridgehead atoms. The van der Waals surface area contributed by atoms with E-state index in [9.17, 15) is 18.8 Å². The van der Waals surface area contributed by atoms with Gasteiger partial charge in [-0.2, -0.15) is 0 Å². The fraction of sp³-hybridized carbons (Fsp3) is 0.214. The lowest BCUT2D eigenvalue weighted by Crippen LogP contribution is -2.39. The molecule has 1 amide bonds. The first-order valence-corrected chi connectivity index (χ1v) is 6.20. The van der Waals surface area contributed by atoms with E-state index in [0.717, 1.165) is 10.6 Å². The van der Waals surface area contributed by atoms with Gasteiger partial charge >= 0.3 is 5.69 Å². The third kappa shape index (κ3) is 3.07. The number of halogens is 1. The van der Waals surface area contributed by atoms with Crippen molar-refractivity contribution in [3.8, 4) is 0 Å². The van der Waals surface area contributed by atoms with Gasteiger partial charge in [0.2, 0.25) is 0 Å². The molecule has 0 spiro atoms. The van der Waals surface area contributed by atoms with E-state index in [2.05, 4.69) is 5.32 Å². The Labute approximate surface area is 119 Å². The molecular formula is C14H14FN3O3. The average molecular weight is 291 g/mol. The number of hydrogen-bond donors (Lipinski definition) is 1. The summed E-state index contributed by atoms with van der Waals surface area (Å²) in [6.45, 7) is -0.00281. The summed E-state index contributed by atoms with van der Waals surface area (Å²) in [5.74, 6) is -0.994. The summed E-state index contributed by atoms with van der Waals surface area (Å²) < 4.78 is 15.3. The maximum atomic E-state index is 13.0. The zero-order valence-corrected chi connectivity index (χ0v) is 11.6. The number of aromatic nitrogens is 2. The molecule has 0 aliphatic rings. The molecule has 0 fully saturated rings. The van der Waals surface area contributed by atoms with Crippen LogP contribution in [0.3, 0.4) is 0 Å². The largest absolute Gasteiger partial charge is 0.346 e. The Morgan fingerprint density at radius 2 is 1.90 bits per heavy atom. The van der Waals surface area contributed by atoms with Crippen LogP contribution in [-0.4, -0.2) is 15.0 Å². The molecule has 1 aromatic carbocycles. The van der Waals surface area contributed by atoms with Crippen LogP contribution in [0.4, 0.5) is 4.39 Å². The predicted octanol–water partition coefficient (Wildman–Crippen LogP) is 0.153. The summed E-state index contributed by atoms with van der Waals surface area (Å²) in [5, 5.41) is 2.54. The molecule has 0 atom stereocenters. The van der Waals surface area contributed by atoms with Crippen LogP contribution in [0.1, 0.15) is 16.1 Å². The normalized spacial score (nSPS) is 10.4. The van der Waals surface area contributed by atoms with Crippen LogP contribution in [0.5, 0.6) is 0 Å². The molecule has 0 aliphatic heterocycles. The topological polar surface area (TPSA) is 73.1 Å². The Morgan fingerprint density at radius 1 is 1.19 bits per heavy atom. The molecule has 110 valence electrons. The molecule has 0 saturated heterocycles. The Balaban J connectivity index is 2.19. The fourth-order valence-corrected chi connectivity index (χ4v) is 1.85. The van der Waals surface area contributed by atoms with Gasteiger partial charge in [0, 0.05) is 31.4 Å². The van der Waals surface area contributed by atoms with E-state index in [-0.39, 0.29) is 12.1 Å². The Bertz CT molecular complexity index is 808. The smallest absolute Gasteiger partial charge is 0.330 e. The summed E-state index contributed by atoms with van der Waals surface area (Å²) in [4.78, 5) is 35.2. The van der Waals surface area contributed by atoms with Crippen molar-refractivity contribution < 1.29 is 9.18 Å². The van der Waals surface area contributed by atoms with Crippen LogP contribution in [-0.2, 0) is 20.6 Å². The van der Waals surface area contributed by atoms with E-state index < -0.39 is 23.0 Å². The van der Waals surface area contributed by atoms with Crippen molar-refractivity contribution in [3.05, 3.63) is 68.2 Å². The van der Waals surface area contributed by atoms with Gasteiger partial charge in [0.1, 0.15) is 5.82 Å². The molecule has 0 saturated carbocycles. The lowest BCUT2D eigenvalue weighted by Gasteiger charge is -2.10. The Morgan fingerprint density at radius 3 is 2.57 bits per heavy atom. The minimum Gasteiger partial charge on any atom is -0.346 e. The minimum absolute atomic E-state index is 0.00281. The van der Waals surface area contributed by atoms with E-state index in [1.54, 1.807) is 0 Å². The highest BCUT2D eigenvalue weighted by Crippen LogP contribution is 2.03. The van der Waals surface area contributed by atoms with Crippen LogP contribution in [0, 0.1) is 5.82 Å². The van der Waals surface area contributed by atoms with E-state index in [4.69, 9.17) is 0 Å². The number of nitrogens with one attached hydrogen (secondary N) is 1. The van der Waals surface area contributed by atoms with Crippen molar-refractivity contribution >= 4 is 5.91 Å². The molecule has 7 heteroatoms. The van der Waals surface area contributed by atoms with Gasteiger partial charge in [0.25, 0.3) is 11.5 Å². The van der Waals surface area contributed by atoms with Gasteiger partial charge in [-0.25, -0.2) is 9.18 Å². The summed E-state index contributed by atoms with van der Waals surface area (Å²) in [7, 11) is 2.88. The zero-order chi connectivity index (χ0) is 15.6. The molecule has 6 nitrogen and oxygen atoms in total.